The highest BCUT2D eigenvalue weighted by Gasteiger charge is 2.36. The lowest BCUT2D eigenvalue weighted by molar-refractivity contribution is -0.136. The number of ether oxygens (including phenoxy) is 1. The zero-order valence-corrected chi connectivity index (χ0v) is 18.3. The van der Waals surface area contributed by atoms with Crippen LogP contribution in [0.15, 0.2) is 24.3 Å². The molecule has 1 aromatic rings. The van der Waals surface area contributed by atoms with Gasteiger partial charge in [0.1, 0.15) is 0 Å². The van der Waals surface area contributed by atoms with Gasteiger partial charge in [-0.2, -0.15) is 0 Å². The number of carbonyl (C=O) groups is 2. The molecule has 0 bridgehead atoms. The van der Waals surface area contributed by atoms with Crippen LogP contribution in [0.25, 0.3) is 0 Å². The lowest BCUT2D eigenvalue weighted by Gasteiger charge is -2.35. The molecular formula is C24H35N3O3. The monoisotopic (exact) mass is 413 g/mol. The summed E-state index contributed by atoms with van der Waals surface area (Å²) in [6, 6.07) is 8.38. The number of hydrogen-bond donors (Lipinski definition) is 1. The van der Waals surface area contributed by atoms with Crippen molar-refractivity contribution in [2.24, 2.45) is 11.8 Å². The predicted octanol–water partition coefficient (Wildman–Crippen LogP) is 2.56. The van der Waals surface area contributed by atoms with Crippen molar-refractivity contribution in [1.82, 2.24) is 15.1 Å². The molecule has 2 amide bonds. The molecule has 2 heterocycles. The number of nitrogens with zero attached hydrogens (tertiary/aromatic N) is 2. The van der Waals surface area contributed by atoms with Gasteiger partial charge in [-0.15, -0.1) is 0 Å². The number of benzene rings is 1. The Kier molecular flexibility index (Phi) is 6.74. The minimum Gasteiger partial charge on any atom is -0.373 e. The molecular weight excluding hydrogens is 378 g/mol. The Hall–Kier alpha value is -1.92. The van der Waals surface area contributed by atoms with Crippen molar-refractivity contribution in [1.29, 1.82) is 0 Å². The van der Waals surface area contributed by atoms with E-state index in [1.165, 1.54) is 11.1 Å². The van der Waals surface area contributed by atoms with Crippen molar-refractivity contribution in [2.45, 2.75) is 64.8 Å². The average Bonchev–Trinajstić information content (AvgIpc) is 3.57. The molecule has 3 fully saturated rings. The molecule has 6 nitrogen and oxygen atoms in total. The van der Waals surface area contributed by atoms with Crippen molar-refractivity contribution < 1.29 is 14.3 Å². The van der Waals surface area contributed by atoms with Gasteiger partial charge in [0.25, 0.3) is 0 Å². The summed E-state index contributed by atoms with van der Waals surface area (Å²) < 4.78 is 5.85. The molecule has 0 radical (unpaired) electrons. The van der Waals surface area contributed by atoms with Gasteiger partial charge in [0.2, 0.25) is 11.8 Å². The largest absolute Gasteiger partial charge is 0.373 e. The Morgan fingerprint density at radius 2 is 1.60 bits per heavy atom. The highest BCUT2D eigenvalue weighted by atomic mass is 16.5. The van der Waals surface area contributed by atoms with Crippen molar-refractivity contribution in [2.75, 3.05) is 26.2 Å². The Bertz CT molecular complexity index is 746. The molecule has 0 aromatic heterocycles. The zero-order valence-electron chi connectivity index (χ0n) is 18.3. The van der Waals surface area contributed by atoms with Gasteiger partial charge in [-0.25, -0.2) is 0 Å². The number of piperidine rings is 1. The van der Waals surface area contributed by atoms with Gasteiger partial charge >= 0.3 is 0 Å². The second kappa shape index (κ2) is 9.48. The van der Waals surface area contributed by atoms with Gasteiger partial charge in [-0.3, -0.25) is 14.5 Å². The zero-order chi connectivity index (χ0) is 21.1. The van der Waals surface area contributed by atoms with E-state index in [0.29, 0.717) is 12.5 Å². The second-order valence-electron chi connectivity index (χ2n) is 9.31. The second-order valence-corrected chi connectivity index (χ2v) is 9.31. The molecule has 1 N–H and O–H groups in total. The fourth-order valence-electron chi connectivity index (χ4n) is 4.82. The first kappa shape index (κ1) is 21.3. The minimum atomic E-state index is 0.0151. The first-order valence-electron chi connectivity index (χ1n) is 11.5. The average molecular weight is 414 g/mol. The van der Waals surface area contributed by atoms with E-state index in [2.05, 4.69) is 42.3 Å². The maximum atomic E-state index is 12.7. The molecule has 2 aliphatic heterocycles. The summed E-state index contributed by atoms with van der Waals surface area (Å²) in [5, 5.41) is 3.16. The van der Waals surface area contributed by atoms with Crippen molar-refractivity contribution in [3.05, 3.63) is 35.4 Å². The first-order valence-corrected chi connectivity index (χ1v) is 11.5. The molecule has 3 aliphatic rings. The van der Waals surface area contributed by atoms with Crippen LogP contribution in [0.4, 0.5) is 0 Å². The van der Waals surface area contributed by atoms with Crippen LogP contribution < -0.4 is 5.32 Å². The molecule has 2 atom stereocenters. The third-order valence-corrected chi connectivity index (χ3v) is 6.56. The lowest BCUT2D eigenvalue weighted by atomic mass is 9.95. The van der Waals surface area contributed by atoms with E-state index in [-0.39, 0.29) is 30.0 Å². The number of amides is 2. The summed E-state index contributed by atoms with van der Waals surface area (Å²) in [5.74, 6) is 0.706. The topological polar surface area (TPSA) is 61.9 Å². The molecule has 1 aliphatic carbocycles. The van der Waals surface area contributed by atoms with Crippen LogP contribution in [0.5, 0.6) is 0 Å². The third-order valence-electron chi connectivity index (χ3n) is 6.56. The number of likely N-dealkylation sites (tertiary alicyclic amines) is 1. The van der Waals surface area contributed by atoms with Crippen LogP contribution in [0.3, 0.4) is 0 Å². The molecule has 2 unspecified atom stereocenters. The summed E-state index contributed by atoms with van der Waals surface area (Å²) in [6.45, 7) is 9.00. The van der Waals surface area contributed by atoms with Gasteiger partial charge in [0.05, 0.1) is 12.2 Å². The van der Waals surface area contributed by atoms with Gasteiger partial charge in [0, 0.05) is 51.1 Å². The van der Waals surface area contributed by atoms with Crippen LogP contribution in [-0.4, -0.2) is 60.0 Å². The van der Waals surface area contributed by atoms with E-state index in [0.717, 1.165) is 58.4 Å². The summed E-state index contributed by atoms with van der Waals surface area (Å²) in [5.41, 5.74) is 2.45. The number of hydrogen-bond acceptors (Lipinski definition) is 4. The van der Waals surface area contributed by atoms with E-state index >= 15 is 0 Å². The minimum absolute atomic E-state index is 0.0151. The SMILES string of the molecule is CC1CN(Cc2ccccc2CNC(=O)C2CCN(C(=O)C3CC3)CC2)CC(C)O1. The van der Waals surface area contributed by atoms with E-state index in [1.807, 2.05) is 11.0 Å². The van der Waals surface area contributed by atoms with Crippen LogP contribution in [0.1, 0.15) is 50.7 Å². The van der Waals surface area contributed by atoms with Crippen LogP contribution >= 0.6 is 0 Å². The Labute approximate surface area is 179 Å². The molecule has 0 spiro atoms. The molecule has 30 heavy (non-hydrogen) atoms. The quantitative estimate of drug-likeness (QED) is 0.779. The fourth-order valence-corrected chi connectivity index (χ4v) is 4.82. The van der Waals surface area contributed by atoms with E-state index in [4.69, 9.17) is 4.74 Å². The van der Waals surface area contributed by atoms with E-state index in [9.17, 15) is 9.59 Å². The number of carbonyl (C=O) groups excluding carboxylic acids is 2. The van der Waals surface area contributed by atoms with Crippen LogP contribution in [0.2, 0.25) is 0 Å². The molecule has 4 rings (SSSR count). The van der Waals surface area contributed by atoms with Gasteiger partial charge < -0.3 is 15.0 Å². The summed E-state index contributed by atoms with van der Waals surface area (Å²) in [6.07, 6.45) is 4.13. The Balaban J connectivity index is 1.27. The summed E-state index contributed by atoms with van der Waals surface area (Å²) in [7, 11) is 0. The van der Waals surface area contributed by atoms with Crippen molar-refractivity contribution in [3.8, 4) is 0 Å². The number of nitrogens with one attached hydrogen (secondary N) is 1. The Morgan fingerprint density at radius 1 is 0.967 bits per heavy atom. The highest BCUT2D eigenvalue weighted by molar-refractivity contribution is 5.82. The number of rotatable bonds is 6. The fraction of sp³-hybridized carbons (Fsp3) is 0.667. The third kappa shape index (κ3) is 5.41. The van der Waals surface area contributed by atoms with Gasteiger partial charge in [0.15, 0.2) is 0 Å². The normalized spacial score (nSPS) is 25.9. The molecule has 6 heteroatoms. The van der Waals surface area contributed by atoms with E-state index < -0.39 is 0 Å². The van der Waals surface area contributed by atoms with Crippen LogP contribution in [-0.2, 0) is 27.4 Å². The van der Waals surface area contributed by atoms with Crippen LogP contribution in [0, 0.1) is 11.8 Å². The van der Waals surface area contributed by atoms with Gasteiger partial charge in [-0.05, 0) is 50.7 Å². The van der Waals surface area contributed by atoms with Gasteiger partial charge in [-0.1, -0.05) is 24.3 Å². The first-order chi connectivity index (χ1) is 14.5. The number of morpholine rings is 1. The smallest absolute Gasteiger partial charge is 0.225 e. The molecule has 2 saturated heterocycles. The maximum Gasteiger partial charge on any atom is 0.225 e. The van der Waals surface area contributed by atoms with Crippen molar-refractivity contribution in [3.63, 3.8) is 0 Å². The molecule has 164 valence electrons. The lowest BCUT2D eigenvalue weighted by Crippen LogP contribution is -2.45. The predicted molar refractivity (Wildman–Crippen MR) is 116 cm³/mol. The maximum absolute atomic E-state index is 12.7. The Morgan fingerprint density at radius 3 is 2.23 bits per heavy atom. The van der Waals surface area contributed by atoms with Crippen molar-refractivity contribution >= 4 is 11.8 Å². The summed E-state index contributed by atoms with van der Waals surface area (Å²) in [4.78, 5) is 29.3. The van der Waals surface area contributed by atoms with E-state index in [1.54, 1.807) is 0 Å². The molecule has 1 aromatic carbocycles. The highest BCUT2D eigenvalue weighted by Crippen LogP contribution is 2.32. The standard InChI is InChI=1S/C24H35N3O3/c1-17-14-26(15-18(2)30-17)16-22-6-4-3-5-21(22)13-25-23(28)19-9-11-27(12-10-19)24(29)20-7-8-20/h3-6,17-20H,7-16H2,1-2H3,(H,25,28). The summed E-state index contributed by atoms with van der Waals surface area (Å²) >= 11 is 0. The molecule has 1 saturated carbocycles.